The lowest BCUT2D eigenvalue weighted by atomic mass is 9.91. The maximum absolute atomic E-state index is 13.2. The number of halogens is 1. The van der Waals surface area contributed by atoms with Gasteiger partial charge in [-0.2, -0.15) is 0 Å². The van der Waals surface area contributed by atoms with Gasteiger partial charge in [0.2, 0.25) is 0 Å². The molecule has 1 unspecified atom stereocenters. The summed E-state index contributed by atoms with van der Waals surface area (Å²) in [7, 11) is 0. The highest BCUT2D eigenvalue weighted by molar-refractivity contribution is 5.95. The van der Waals surface area contributed by atoms with Crippen molar-refractivity contribution in [2.75, 3.05) is 13.1 Å². The summed E-state index contributed by atoms with van der Waals surface area (Å²) < 4.78 is 13.2. The molecule has 128 valence electrons. The summed E-state index contributed by atoms with van der Waals surface area (Å²) in [5.74, 6) is -1.57. The standard InChI is InChI=1S/C20H18FNO3/c21-17-8-6-14(7-9-17)18(12-19(23)24)16-10-11-22(13-16)20(25)15-4-2-1-3-5-15/h1-9,12,16H,10-11,13H2,(H,23,24)/b18-12-. The van der Waals surface area contributed by atoms with Crippen LogP contribution >= 0.6 is 0 Å². The van der Waals surface area contributed by atoms with Crippen molar-refractivity contribution in [1.82, 2.24) is 4.90 Å². The Hall–Kier alpha value is -2.95. The fourth-order valence-electron chi connectivity index (χ4n) is 3.17. The molecular formula is C20H18FNO3. The first-order valence-electron chi connectivity index (χ1n) is 8.09. The average molecular weight is 339 g/mol. The molecule has 1 fully saturated rings. The monoisotopic (exact) mass is 339 g/mol. The molecule has 1 N–H and O–H groups in total. The number of carbonyl (C=O) groups excluding carboxylic acids is 1. The van der Waals surface area contributed by atoms with Crippen LogP contribution in [0.25, 0.3) is 5.57 Å². The van der Waals surface area contributed by atoms with Gasteiger partial charge in [0.15, 0.2) is 0 Å². The molecule has 0 bridgehead atoms. The first-order chi connectivity index (χ1) is 12.0. The Labute approximate surface area is 145 Å². The lowest BCUT2D eigenvalue weighted by Gasteiger charge is -2.18. The summed E-state index contributed by atoms with van der Waals surface area (Å²) in [6, 6.07) is 14.8. The number of aliphatic carboxylic acids is 1. The third kappa shape index (κ3) is 3.94. The third-order valence-electron chi connectivity index (χ3n) is 4.39. The molecular weight excluding hydrogens is 321 g/mol. The average Bonchev–Trinajstić information content (AvgIpc) is 3.10. The summed E-state index contributed by atoms with van der Waals surface area (Å²) in [5.41, 5.74) is 1.91. The Bertz CT molecular complexity index is 799. The van der Waals surface area contributed by atoms with E-state index in [-0.39, 0.29) is 17.6 Å². The lowest BCUT2D eigenvalue weighted by molar-refractivity contribution is -0.131. The number of carbonyl (C=O) groups is 2. The van der Waals surface area contributed by atoms with Crippen LogP contribution in [0.1, 0.15) is 22.3 Å². The third-order valence-corrected chi connectivity index (χ3v) is 4.39. The number of benzene rings is 2. The first kappa shape index (κ1) is 16.9. The highest BCUT2D eigenvalue weighted by atomic mass is 19.1. The quantitative estimate of drug-likeness (QED) is 0.868. The molecule has 1 amide bonds. The molecule has 1 saturated heterocycles. The Morgan fingerprint density at radius 2 is 1.72 bits per heavy atom. The SMILES string of the molecule is O=C(O)/C=C(/c1ccc(F)cc1)C1CCN(C(=O)c2ccccc2)C1. The van der Waals surface area contributed by atoms with Gasteiger partial charge in [-0.25, -0.2) is 9.18 Å². The Morgan fingerprint density at radius 3 is 2.36 bits per heavy atom. The van der Waals surface area contributed by atoms with Gasteiger partial charge in [0, 0.05) is 30.6 Å². The van der Waals surface area contributed by atoms with Gasteiger partial charge < -0.3 is 10.0 Å². The Morgan fingerprint density at radius 1 is 1.04 bits per heavy atom. The molecule has 2 aromatic rings. The molecule has 5 heteroatoms. The predicted molar refractivity (Wildman–Crippen MR) is 92.5 cm³/mol. The van der Waals surface area contributed by atoms with Gasteiger partial charge in [-0.3, -0.25) is 4.79 Å². The highest BCUT2D eigenvalue weighted by Crippen LogP contribution is 2.32. The number of nitrogens with zero attached hydrogens (tertiary/aromatic N) is 1. The minimum atomic E-state index is -1.05. The fourth-order valence-corrected chi connectivity index (χ4v) is 3.17. The van der Waals surface area contributed by atoms with Crippen LogP contribution in [0.3, 0.4) is 0 Å². The van der Waals surface area contributed by atoms with Crippen LogP contribution < -0.4 is 0 Å². The number of hydrogen-bond acceptors (Lipinski definition) is 2. The van der Waals surface area contributed by atoms with E-state index in [0.717, 1.165) is 6.08 Å². The van der Waals surface area contributed by atoms with Crippen molar-refractivity contribution in [2.45, 2.75) is 6.42 Å². The second-order valence-electron chi connectivity index (χ2n) is 6.05. The smallest absolute Gasteiger partial charge is 0.328 e. The molecule has 2 aromatic carbocycles. The summed E-state index contributed by atoms with van der Waals surface area (Å²) in [4.78, 5) is 25.5. The molecule has 0 radical (unpaired) electrons. The topological polar surface area (TPSA) is 57.6 Å². The van der Waals surface area contributed by atoms with Gasteiger partial charge >= 0.3 is 5.97 Å². The summed E-state index contributed by atoms with van der Waals surface area (Å²) in [6.07, 6.45) is 1.84. The van der Waals surface area contributed by atoms with Crippen molar-refractivity contribution in [3.63, 3.8) is 0 Å². The van der Waals surface area contributed by atoms with Crippen molar-refractivity contribution in [3.8, 4) is 0 Å². The summed E-state index contributed by atoms with van der Waals surface area (Å²) >= 11 is 0. The highest BCUT2D eigenvalue weighted by Gasteiger charge is 2.30. The van der Waals surface area contributed by atoms with Crippen LogP contribution in [0.5, 0.6) is 0 Å². The van der Waals surface area contributed by atoms with Gasteiger partial charge in [-0.05, 0) is 41.8 Å². The zero-order valence-corrected chi connectivity index (χ0v) is 13.6. The number of amides is 1. The van der Waals surface area contributed by atoms with Gasteiger partial charge in [0.1, 0.15) is 5.82 Å². The largest absolute Gasteiger partial charge is 0.478 e. The van der Waals surface area contributed by atoms with E-state index >= 15 is 0 Å². The van der Waals surface area contributed by atoms with E-state index in [0.29, 0.717) is 36.2 Å². The number of carboxylic acids is 1. The van der Waals surface area contributed by atoms with Crippen molar-refractivity contribution in [2.24, 2.45) is 5.92 Å². The van der Waals surface area contributed by atoms with E-state index < -0.39 is 5.97 Å². The fraction of sp³-hybridized carbons (Fsp3) is 0.200. The van der Waals surface area contributed by atoms with Crippen molar-refractivity contribution in [3.05, 3.63) is 77.6 Å². The molecule has 1 heterocycles. The van der Waals surface area contributed by atoms with Crippen molar-refractivity contribution in [1.29, 1.82) is 0 Å². The summed E-state index contributed by atoms with van der Waals surface area (Å²) in [5, 5.41) is 9.18. The van der Waals surface area contributed by atoms with Gasteiger partial charge in [-0.1, -0.05) is 30.3 Å². The molecule has 0 aliphatic carbocycles. The molecule has 25 heavy (non-hydrogen) atoms. The lowest BCUT2D eigenvalue weighted by Crippen LogP contribution is -2.28. The van der Waals surface area contributed by atoms with Gasteiger partial charge in [0.25, 0.3) is 5.91 Å². The molecule has 1 aliphatic rings. The van der Waals surface area contributed by atoms with E-state index in [4.69, 9.17) is 0 Å². The Balaban J connectivity index is 1.81. The Kier molecular flexibility index (Phi) is 4.93. The zero-order valence-electron chi connectivity index (χ0n) is 13.6. The van der Waals surface area contributed by atoms with Gasteiger partial charge in [-0.15, -0.1) is 0 Å². The maximum atomic E-state index is 13.2. The van der Waals surface area contributed by atoms with E-state index in [2.05, 4.69) is 0 Å². The zero-order chi connectivity index (χ0) is 17.8. The molecule has 0 spiro atoms. The van der Waals surface area contributed by atoms with Gasteiger partial charge in [0.05, 0.1) is 0 Å². The second-order valence-corrected chi connectivity index (χ2v) is 6.05. The van der Waals surface area contributed by atoms with E-state index in [1.165, 1.54) is 12.1 Å². The van der Waals surface area contributed by atoms with E-state index in [1.54, 1.807) is 29.2 Å². The van der Waals surface area contributed by atoms with Crippen LogP contribution in [0.2, 0.25) is 0 Å². The normalized spacial score (nSPS) is 17.6. The van der Waals surface area contributed by atoms with Crippen LogP contribution in [-0.4, -0.2) is 35.0 Å². The summed E-state index contributed by atoms with van der Waals surface area (Å²) in [6.45, 7) is 1.01. The van der Waals surface area contributed by atoms with Crippen LogP contribution in [-0.2, 0) is 4.79 Å². The number of rotatable bonds is 4. The van der Waals surface area contributed by atoms with Crippen molar-refractivity contribution >= 4 is 17.4 Å². The molecule has 0 aromatic heterocycles. The van der Waals surface area contributed by atoms with E-state index in [9.17, 15) is 19.1 Å². The number of hydrogen-bond donors (Lipinski definition) is 1. The van der Waals surface area contributed by atoms with E-state index in [1.807, 2.05) is 18.2 Å². The maximum Gasteiger partial charge on any atom is 0.328 e. The first-order valence-corrected chi connectivity index (χ1v) is 8.09. The van der Waals surface area contributed by atoms with Crippen LogP contribution in [0.15, 0.2) is 60.7 Å². The molecule has 0 saturated carbocycles. The van der Waals surface area contributed by atoms with Crippen LogP contribution in [0.4, 0.5) is 4.39 Å². The second kappa shape index (κ2) is 7.30. The minimum absolute atomic E-state index is 0.0584. The molecule has 1 aliphatic heterocycles. The van der Waals surface area contributed by atoms with Crippen molar-refractivity contribution < 1.29 is 19.1 Å². The minimum Gasteiger partial charge on any atom is -0.478 e. The molecule has 3 rings (SSSR count). The predicted octanol–water partition coefficient (Wildman–Crippen LogP) is 3.46. The number of likely N-dealkylation sites (tertiary alicyclic amines) is 1. The number of carboxylic acid groups (broad SMARTS) is 1. The molecule has 4 nitrogen and oxygen atoms in total. The molecule has 1 atom stereocenters. The van der Waals surface area contributed by atoms with Crippen LogP contribution in [0, 0.1) is 11.7 Å².